The van der Waals surface area contributed by atoms with Gasteiger partial charge in [0.1, 0.15) is 0 Å². The Bertz CT molecular complexity index is 1810. The van der Waals surface area contributed by atoms with Gasteiger partial charge in [-0.15, -0.1) is 0 Å². The van der Waals surface area contributed by atoms with Gasteiger partial charge in [-0.25, -0.2) is 0 Å². The van der Waals surface area contributed by atoms with Crippen LogP contribution in [0.5, 0.6) is 0 Å². The number of unbranched alkanes of at least 4 members (excludes halogenated alkanes) is 2. The van der Waals surface area contributed by atoms with Crippen molar-refractivity contribution >= 4 is 55.1 Å². The van der Waals surface area contributed by atoms with Crippen molar-refractivity contribution in [2.75, 3.05) is 0 Å². The maximum absolute atomic E-state index is 3.60. The molecule has 0 saturated carbocycles. The molecule has 2 heteroatoms. The molecule has 44 heavy (non-hydrogen) atoms. The van der Waals surface area contributed by atoms with Crippen LogP contribution < -0.4 is 0 Å². The first-order valence-corrected chi connectivity index (χ1v) is 19.5. The fourth-order valence-corrected chi connectivity index (χ4v) is 11.0. The van der Waals surface area contributed by atoms with Crippen LogP contribution in [0.15, 0.2) is 59.7 Å². The molecule has 4 aromatic carbocycles. The topological polar surface area (TPSA) is 0 Å². The Morgan fingerprint density at radius 3 is 1.64 bits per heavy atom. The van der Waals surface area contributed by atoms with Gasteiger partial charge >= 0.3 is 206 Å². The van der Waals surface area contributed by atoms with E-state index in [4.69, 9.17) is 0 Å². The zero-order valence-corrected chi connectivity index (χ0v) is 30.7. The van der Waals surface area contributed by atoms with Crippen molar-refractivity contribution < 1.29 is 22.3 Å². The van der Waals surface area contributed by atoms with Crippen molar-refractivity contribution in [1.82, 2.24) is 0 Å². The Hall–Kier alpha value is -2.41. The third kappa shape index (κ3) is 5.83. The van der Waals surface area contributed by atoms with Crippen LogP contribution in [-0.4, -0.2) is 21.4 Å². The van der Waals surface area contributed by atoms with Crippen molar-refractivity contribution in [2.45, 2.75) is 86.0 Å². The molecule has 4 aliphatic rings. The van der Waals surface area contributed by atoms with E-state index >= 15 is 0 Å². The number of fused-ring (bicyclic) bond motifs is 4. The van der Waals surface area contributed by atoms with Crippen LogP contribution in [0.3, 0.4) is 0 Å². The zero-order chi connectivity index (χ0) is 31.0. The monoisotopic (exact) mass is 666 g/mol. The smallest absolute Gasteiger partial charge is 0.0283 e. The molecule has 0 nitrogen and oxygen atoms in total. The molecule has 0 atom stereocenters. The minimum Gasteiger partial charge on any atom is -0.343 e. The van der Waals surface area contributed by atoms with Crippen molar-refractivity contribution in [1.29, 1.82) is 0 Å². The van der Waals surface area contributed by atoms with Gasteiger partial charge in [0.05, 0.1) is 0 Å². The van der Waals surface area contributed by atoms with Crippen molar-refractivity contribution in [3.05, 3.63) is 118 Å². The molecule has 0 aliphatic heterocycles. The first-order chi connectivity index (χ1) is 21.4. The minimum atomic E-state index is -0.961. The summed E-state index contributed by atoms with van der Waals surface area (Å²) < 4.78 is 3.40. The van der Waals surface area contributed by atoms with Crippen molar-refractivity contribution in [2.24, 2.45) is 0 Å². The van der Waals surface area contributed by atoms with Gasteiger partial charge in [0.15, 0.2) is 0 Å². The van der Waals surface area contributed by atoms with E-state index in [9.17, 15) is 0 Å². The molecule has 0 amide bonds. The Morgan fingerprint density at radius 1 is 0.795 bits per heavy atom. The molecule has 8 rings (SSSR count). The molecule has 0 heterocycles. The van der Waals surface area contributed by atoms with E-state index in [1.165, 1.54) is 83.2 Å². The zero-order valence-electron chi connectivity index (χ0n) is 27.2. The SMILES string of the molecule is CC1=Cc2c(cc3c4c(cccc24)CC3)[C]1=[Zr]=[C]1C(C)=Cc2c1cc1c3c(cccc23)CC1.C[CH-]CCC(C)=[Si].[CH2-]CCC. The van der Waals surface area contributed by atoms with E-state index in [2.05, 4.69) is 119 Å². The third-order valence-electron chi connectivity index (χ3n) is 9.53. The fourth-order valence-electron chi connectivity index (χ4n) is 7.24. The molecular formula is C42H44SiZr-2. The predicted octanol–water partition coefficient (Wildman–Crippen LogP) is 9.82. The van der Waals surface area contributed by atoms with Gasteiger partial charge in [-0.05, 0) is 6.92 Å². The molecule has 4 aromatic rings. The van der Waals surface area contributed by atoms with Gasteiger partial charge in [0.2, 0.25) is 0 Å². The van der Waals surface area contributed by atoms with Crippen LogP contribution in [0.2, 0.25) is 0 Å². The summed E-state index contributed by atoms with van der Waals surface area (Å²) >= 11 is -0.961. The van der Waals surface area contributed by atoms with Gasteiger partial charge in [0.25, 0.3) is 0 Å². The second-order valence-electron chi connectivity index (χ2n) is 12.8. The summed E-state index contributed by atoms with van der Waals surface area (Å²) in [6, 6.07) is 19.1. The van der Waals surface area contributed by atoms with Crippen LogP contribution >= 0.6 is 0 Å². The summed E-state index contributed by atoms with van der Waals surface area (Å²) in [5, 5.41) is 7.40. The molecule has 0 bridgehead atoms. The first-order valence-electron chi connectivity index (χ1n) is 16.5. The summed E-state index contributed by atoms with van der Waals surface area (Å²) in [5.74, 6) is 0. The van der Waals surface area contributed by atoms with Crippen LogP contribution in [0.4, 0.5) is 0 Å². The maximum atomic E-state index is 3.60. The average Bonchev–Trinajstić information content (AvgIpc) is 3.79. The quantitative estimate of drug-likeness (QED) is 0.150. The number of aryl methyl sites for hydroxylation is 4. The van der Waals surface area contributed by atoms with E-state index in [0.717, 1.165) is 6.42 Å². The summed E-state index contributed by atoms with van der Waals surface area (Å²) in [6.45, 7) is 14.6. The molecule has 0 unspecified atom stereocenters. The van der Waals surface area contributed by atoms with Crippen molar-refractivity contribution in [3.8, 4) is 0 Å². The van der Waals surface area contributed by atoms with Crippen LogP contribution in [0, 0.1) is 13.3 Å². The molecule has 4 aliphatic carbocycles. The minimum absolute atomic E-state index is 0.961. The summed E-state index contributed by atoms with van der Waals surface area (Å²) in [5.41, 5.74) is 15.4. The summed E-state index contributed by atoms with van der Waals surface area (Å²) in [7, 11) is 3.42. The Balaban J connectivity index is 0.000000271. The third-order valence-corrected chi connectivity index (χ3v) is 14.3. The number of hydrogen-bond acceptors (Lipinski definition) is 0. The van der Waals surface area contributed by atoms with Crippen LogP contribution in [0.25, 0.3) is 33.7 Å². The van der Waals surface area contributed by atoms with Gasteiger partial charge in [0, 0.05) is 9.85 Å². The van der Waals surface area contributed by atoms with Gasteiger partial charge in [-0.2, -0.15) is 19.8 Å². The second kappa shape index (κ2) is 13.5. The van der Waals surface area contributed by atoms with E-state index in [0.29, 0.717) is 0 Å². The molecule has 2 radical (unpaired) electrons. The first kappa shape index (κ1) is 31.6. The number of hydrogen-bond donors (Lipinski definition) is 0. The predicted molar refractivity (Wildman–Crippen MR) is 194 cm³/mol. The average molecular weight is 668 g/mol. The van der Waals surface area contributed by atoms with E-state index < -0.39 is 22.3 Å². The molecule has 0 saturated heterocycles. The number of allylic oxidation sites excluding steroid dienone is 2. The fraction of sp³-hybridized carbons (Fsp3) is 0.310. The van der Waals surface area contributed by atoms with E-state index in [-0.39, 0.29) is 0 Å². The number of benzene rings is 4. The second-order valence-corrected chi connectivity index (χ2v) is 16.7. The van der Waals surface area contributed by atoms with E-state index in [1.807, 2.05) is 0 Å². The molecule has 0 aromatic heterocycles. The summed E-state index contributed by atoms with van der Waals surface area (Å²) in [4.78, 5) is 0. The summed E-state index contributed by atoms with van der Waals surface area (Å²) in [6.07, 6.45) is 16.6. The Morgan fingerprint density at radius 2 is 1.25 bits per heavy atom. The van der Waals surface area contributed by atoms with Crippen molar-refractivity contribution in [3.63, 3.8) is 0 Å². The largest absolute Gasteiger partial charge is 0.343 e. The van der Waals surface area contributed by atoms with Gasteiger partial charge in [-0.3, -0.25) is 0 Å². The molecular weight excluding hydrogens is 624 g/mol. The Kier molecular flexibility index (Phi) is 9.70. The van der Waals surface area contributed by atoms with Crippen LogP contribution in [-0.2, 0) is 48.0 Å². The molecule has 222 valence electrons. The van der Waals surface area contributed by atoms with Gasteiger partial charge in [-0.1, -0.05) is 24.9 Å². The van der Waals surface area contributed by atoms with Gasteiger partial charge < -0.3 is 13.3 Å². The molecule has 0 fully saturated rings. The molecule has 0 N–H and O–H groups in total. The normalized spacial score (nSPS) is 14.9. The number of rotatable bonds is 4. The Labute approximate surface area is 279 Å². The van der Waals surface area contributed by atoms with E-state index in [1.54, 1.807) is 50.6 Å². The maximum Gasteiger partial charge on any atom is 0.0283 e. The standard InChI is InChI=1S/2C16H12.C6H11Si.C4H9.Zr/c2*1-10-7-13-9-12-6-5-11-3-2-4-14(16(11)12)15(13)8-10;1-3-4-5-6(2)7;1-3-4-2;/h2*2-4,8-9H,5-6H2,1H3;3H,4-5H2,1-2H3;1,3-4H2,2H3;/q;;2*-1;. The molecule has 0 spiro atoms. The van der Waals surface area contributed by atoms with Crippen LogP contribution in [0.1, 0.15) is 105 Å².